The van der Waals surface area contributed by atoms with E-state index in [4.69, 9.17) is 9.15 Å². The third-order valence-electron chi connectivity index (χ3n) is 2.60. The molecule has 1 N–H and O–H groups in total. The second kappa shape index (κ2) is 6.33. The van der Waals surface area contributed by atoms with E-state index in [0.29, 0.717) is 6.54 Å². The predicted octanol–water partition coefficient (Wildman–Crippen LogP) is 3.25. The minimum Gasteiger partial charge on any atom is -0.489 e. The summed E-state index contributed by atoms with van der Waals surface area (Å²) in [6, 6.07) is 4.88. The molecule has 0 saturated carbocycles. The molecule has 0 bridgehead atoms. The third kappa shape index (κ3) is 3.79. The van der Waals surface area contributed by atoms with Gasteiger partial charge in [-0.15, -0.1) is 0 Å². The number of nitrogens with one attached hydrogen (secondary N) is 1. The lowest BCUT2D eigenvalue weighted by atomic mass is 10.2. The summed E-state index contributed by atoms with van der Waals surface area (Å²) in [4.78, 5) is 0. The zero-order chi connectivity index (χ0) is 13.7. The molecule has 0 aliphatic rings. The summed E-state index contributed by atoms with van der Waals surface area (Å²) >= 11 is 0. The van der Waals surface area contributed by atoms with Gasteiger partial charge in [-0.2, -0.15) is 0 Å². The smallest absolute Gasteiger partial charge is 0.129 e. The van der Waals surface area contributed by atoms with E-state index in [1.165, 1.54) is 0 Å². The molecule has 3 nitrogen and oxygen atoms in total. The molecule has 2 rings (SSSR count). The van der Waals surface area contributed by atoms with Crippen LogP contribution in [-0.2, 0) is 13.2 Å². The summed E-state index contributed by atoms with van der Waals surface area (Å²) in [5.74, 6) is -0.392. The molecule has 0 amide bonds. The van der Waals surface area contributed by atoms with Crippen molar-refractivity contribution in [3.8, 4) is 5.75 Å². The Morgan fingerprint density at radius 1 is 1.21 bits per heavy atom. The van der Waals surface area contributed by atoms with Gasteiger partial charge >= 0.3 is 0 Å². The SMILES string of the molecule is CCNCc1occc1COc1cc(F)cc(F)c1. The molecule has 1 aromatic carbocycles. The molecule has 0 aliphatic carbocycles. The van der Waals surface area contributed by atoms with Crippen LogP contribution in [0, 0.1) is 11.6 Å². The van der Waals surface area contributed by atoms with Crippen molar-refractivity contribution < 1.29 is 17.9 Å². The Labute approximate surface area is 110 Å². The number of ether oxygens (including phenoxy) is 1. The topological polar surface area (TPSA) is 34.4 Å². The van der Waals surface area contributed by atoms with Gasteiger partial charge in [0.1, 0.15) is 29.8 Å². The molecule has 0 atom stereocenters. The van der Waals surface area contributed by atoms with Crippen LogP contribution in [0.2, 0.25) is 0 Å². The Morgan fingerprint density at radius 2 is 1.95 bits per heavy atom. The molecule has 5 heteroatoms. The summed E-state index contributed by atoms with van der Waals surface area (Å²) in [7, 11) is 0. The monoisotopic (exact) mass is 267 g/mol. The first kappa shape index (κ1) is 13.5. The van der Waals surface area contributed by atoms with Gasteiger partial charge in [0.25, 0.3) is 0 Å². The number of furan rings is 1. The average Bonchev–Trinajstić information content (AvgIpc) is 2.80. The van der Waals surface area contributed by atoms with Crippen LogP contribution in [0.5, 0.6) is 5.75 Å². The highest BCUT2D eigenvalue weighted by atomic mass is 19.1. The Morgan fingerprint density at radius 3 is 2.63 bits per heavy atom. The van der Waals surface area contributed by atoms with Gasteiger partial charge in [0.15, 0.2) is 0 Å². The maximum Gasteiger partial charge on any atom is 0.129 e. The number of halogens is 2. The van der Waals surface area contributed by atoms with E-state index >= 15 is 0 Å². The van der Waals surface area contributed by atoms with Crippen molar-refractivity contribution in [2.45, 2.75) is 20.1 Å². The molecular formula is C14H15F2NO2. The number of hydrogen-bond donors (Lipinski definition) is 1. The van der Waals surface area contributed by atoms with E-state index in [2.05, 4.69) is 5.32 Å². The van der Waals surface area contributed by atoms with E-state index < -0.39 is 11.6 Å². The van der Waals surface area contributed by atoms with E-state index in [9.17, 15) is 8.78 Å². The van der Waals surface area contributed by atoms with Crippen molar-refractivity contribution in [2.24, 2.45) is 0 Å². The standard InChI is InChI=1S/C14H15F2NO2/c1-2-17-8-14-10(3-4-18-14)9-19-13-6-11(15)5-12(16)7-13/h3-7,17H,2,8-9H2,1H3. The van der Waals surface area contributed by atoms with E-state index in [0.717, 1.165) is 36.1 Å². The Balaban J connectivity index is 2.00. The molecule has 0 radical (unpaired) electrons. The minimum absolute atomic E-state index is 0.160. The van der Waals surface area contributed by atoms with Gasteiger partial charge in [-0.25, -0.2) is 8.78 Å². The molecular weight excluding hydrogens is 252 g/mol. The normalized spacial score (nSPS) is 10.7. The second-order valence-electron chi connectivity index (χ2n) is 4.04. The van der Waals surface area contributed by atoms with Gasteiger partial charge in [0, 0.05) is 23.8 Å². The van der Waals surface area contributed by atoms with E-state index in [-0.39, 0.29) is 12.4 Å². The molecule has 0 saturated heterocycles. The highest BCUT2D eigenvalue weighted by Crippen LogP contribution is 2.18. The van der Waals surface area contributed by atoms with Crippen molar-refractivity contribution in [2.75, 3.05) is 6.54 Å². The summed E-state index contributed by atoms with van der Waals surface area (Å²) in [5.41, 5.74) is 0.852. The molecule has 1 heterocycles. The lowest BCUT2D eigenvalue weighted by molar-refractivity contribution is 0.298. The van der Waals surface area contributed by atoms with Crippen molar-refractivity contribution in [3.05, 3.63) is 53.5 Å². The minimum atomic E-state index is -0.657. The number of rotatable bonds is 6. The van der Waals surface area contributed by atoms with E-state index in [1.54, 1.807) is 12.3 Å². The summed E-state index contributed by atoms with van der Waals surface area (Å²) in [6.07, 6.45) is 1.57. The van der Waals surface area contributed by atoms with Crippen LogP contribution < -0.4 is 10.1 Å². The van der Waals surface area contributed by atoms with Crippen molar-refractivity contribution in [3.63, 3.8) is 0 Å². The van der Waals surface area contributed by atoms with Gasteiger partial charge in [-0.3, -0.25) is 0 Å². The molecule has 0 aliphatic heterocycles. The zero-order valence-corrected chi connectivity index (χ0v) is 10.6. The molecule has 19 heavy (non-hydrogen) atoms. The summed E-state index contributed by atoms with van der Waals surface area (Å²) in [6.45, 7) is 3.63. The predicted molar refractivity (Wildman–Crippen MR) is 66.8 cm³/mol. The fourth-order valence-electron chi connectivity index (χ4n) is 1.66. The van der Waals surface area contributed by atoms with Crippen molar-refractivity contribution >= 4 is 0 Å². The van der Waals surface area contributed by atoms with Crippen LogP contribution in [0.3, 0.4) is 0 Å². The van der Waals surface area contributed by atoms with Crippen LogP contribution in [-0.4, -0.2) is 6.54 Å². The lowest BCUT2D eigenvalue weighted by Gasteiger charge is -2.07. The van der Waals surface area contributed by atoms with Gasteiger partial charge in [0.2, 0.25) is 0 Å². The number of hydrogen-bond acceptors (Lipinski definition) is 3. The highest BCUT2D eigenvalue weighted by Gasteiger charge is 2.07. The quantitative estimate of drug-likeness (QED) is 0.872. The van der Waals surface area contributed by atoms with Crippen LogP contribution >= 0.6 is 0 Å². The Hall–Kier alpha value is -1.88. The van der Waals surface area contributed by atoms with Crippen LogP contribution in [0.4, 0.5) is 8.78 Å². The first-order chi connectivity index (χ1) is 9.19. The maximum absolute atomic E-state index is 13.0. The van der Waals surface area contributed by atoms with Gasteiger partial charge in [-0.1, -0.05) is 6.92 Å². The first-order valence-corrected chi connectivity index (χ1v) is 6.04. The van der Waals surface area contributed by atoms with Crippen LogP contribution in [0.25, 0.3) is 0 Å². The molecule has 2 aromatic rings. The van der Waals surface area contributed by atoms with Crippen LogP contribution in [0.1, 0.15) is 18.2 Å². The second-order valence-corrected chi connectivity index (χ2v) is 4.04. The maximum atomic E-state index is 13.0. The molecule has 0 spiro atoms. The van der Waals surface area contributed by atoms with Crippen LogP contribution in [0.15, 0.2) is 34.9 Å². The summed E-state index contributed by atoms with van der Waals surface area (Å²) < 4.78 is 36.7. The summed E-state index contributed by atoms with van der Waals surface area (Å²) in [5, 5.41) is 3.14. The van der Waals surface area contributed by atoms with E-state index in [1.807, 2.05) is 6.92 Å². The van der Waals surface area contributed by atoms with Crippen molar-refractivity contribution in [1.82, 2.24) is 5.32 Å². The number of benzene rings is 1. The Kier molecular flexibility index (Phi) is 4.52. The molecule has 1 aromatic heterocycles. The average molecular weight is 267 g/mol. The largest absolute Gasteiger partial charge is 0.489 e. The fraction of sp³-hybridized carbons (Fsp3) is 0.286. The fourth-order valence-corrected chi connectivity index (χ4v) is 1.66. The zero-order valence-electron chi connectivity index (χ0n) is 10.6. The molecule has 0 unspecified atom stereocenters. The van der Waals surface area contributed by atoms with Gasteiger partial charge < -0.3 is 14.5 Å². The lowest BCUT2D eigenvalue weighted by Crippen LogP contribution is -2.12. The van der Waals surface area contributed by atoms with Crippen molar-refractivity contribution in [1.29, 1.82) is 0 Å². The molecule has 102 valence electrons. The van der Waals surface area contributed by atoms with Gasteiger partial charge in [-0.05, 0) is 12.6 Å². The Bertz CT molecular complexity index is 520. The third-order valence-corrected chi connectivity index (χ3v) is 2.60. The van der Waals surface area contributed by atoms with Gasteiger partial charge in [0.05, 0.1) is 12.8 Å². The molecule has 0 fully saturated rings. The highest BCUT2D eigenvalue weighted by molar-refractivity contribution is 5.25. The first-order valence-electron chi connectivity index (χ1n) is 6.04.